The number of aromatic nitrogens is 3. The van der Waals surface area contributed by atoms with E-state index in [1.165, 1.54) is 12.3 Å². The average Bonchev–Trinajstić information content (AvgIpc) is 3.09. The van der Waals surface area contributed by atoms with E-state index in [0.717, 1.165) is 25.2 Å². The van der Waals surface area contributed by atoms with Crippen LogP contribution in [-0.4, -0.2) is 43.0 Å². The number of aryl methyl sites for hydroxylation is 1. The lowest BCUT2D eigenvalue weighted by atomic mass is 10.2. The molecule has 1 N–H and O–H groups in total. The molecule has 1 saturated heterocycles. The predicted octanol–water partition coefficient (Wildman–Crippen LogP) is 1.60. The molecule has 1 atom stereocenters. The van der Waals surface area contributed by atoms with Crippen molar-refractivity contribution >= 4 is 5.91 Å². The Morgan fingerprint density at radius 3 is 3.00 bits per heavy atom. The molecule has 0 spiro atoms. The van der Waals surface area contributed by atoms with Gasteiger partial charge in [-0.25, -0.2) is 9.97 Å². The van der Waals surface area contributed by atoms with E-state index >= 15 is 0 Å². The average molecular weight is 286 g/mol. The number of nitrogens with zero attached hydrogens (tertiary/aromatic N) is 4. The molecular weight excluding hydrogens is 268 g/mol. The van der Waals surface area contributed by atoms with E-state index in [4.69, 9.17) is 0 Å². The first kappa shape index (κ1) is 13.6. The molecule has 1 aliphatic rings. The largest absolute Gasteiger partial charge is 0.505 e. The second-order valence-corrected chi connectivity index (χ2v) is 5.29. The van der Waals surface area contributed by atoms with Crippen LogP contribution in [0.4, 0.5) is 0 Å². The summed E-state index contributed by atoms with van der Waals surface area (Å²) in [5.74, 6) is 0.676. The highest BCUT2D eigenvalue weighted by Gasteiger charge is 2.31. The SMILES string of the molecule is Cc1nccn1C[C@@H]1CCCN1C(=O)c1ncccc1O. The maximum Gasteiger partial charge on any atom is 0.276 e. The minimum Gasteiger partial charge on any atom is -0.505 e. The summed E-state index contributed by atoms with van der Waals surface area (Å²) in [6, 6.07) is 3.22. The van der Waals surface area contributed by atoms with Gasteiger partial charge < -0.3 is 14.6 Å². The van der Waals surface area contributed by atoms with Crippen molar-refractivity contribution in [3.8, 4) is 5.75 Å². The van der Waals surface area contributed by atoms with Crippen LogP contribution in [-0.2, 0) is 6.54 Å². The minimum absolute atomic E-state index is 0.0630. The number of imidazole rings is 1. The van der Waals surface area contributed by atoms with Crippen molar-refractivity contribution < 1.29 is 9.90 Å². The fourth-order valence-electron chi connectivity index (χ4n) is 2.81. The summed E-state index contributed by atoms with van der Waals surface area (Å²) < 4.78 is 2.05. The smallest absolute Gasteiger partial charge is 0.276 e. The number of amides is 1. The molecule has 3 rings (SSSR count). The van der Waals surface area contributed by atoms with Crippen LogP contribution in [0, 0.1) is 6.92 Å². The van der Waals surface area contributed by atoms with Gasteiger partial charge in [0.05, 0.1) is 6.04 Å². The van der Waals surface area contributed by atoms with Gasteiger partial charge in [0.1, 0.15) is 11.6 Å². The third kappa shape index (κ3) is 2.61. The second kappa shape index (κ2) is 5.55. The van der Waals surface area contributed by atoms with Crippen LogP contribution < -0.4 is 0 Å². The summed E-state index contributed by atoms with van der Waals surface area (Å²) in [5.41, 5.74) is 0.131. The lowest BCUT2D eigenvalue weighted by Gasteiger charge is -2.25. The van der Waals surface area contributed by atoms with E-state index in [0.29, 0.717) is 6.54 Å². The van der Waals surface area contributed by atoms with Gasteiger partial charge in [-0.15, -0.1) is 0 Å². The maximum atomic E-state index is 12.6. The third-order valence-corrected chi connectivity index (χ3v) is 3.96. The number of hydrogen-bond donors (Lipinski definition) is 1. The van der Waals surface area contributed by atoms with Crippen LogP contribution in [0.2, 0.25) is 0 Å². The van der Waals surface area contributed by atoms with E-state index in [9.17, 15) is 9.90 Å². The van der Waals surface area contributed by atoms with Crippen LogP contribution in [0.25, 0.3) is 0 Å². The first-order chi connectivity index (χ1) is 10.2. The standard InChI is InChI=1S/C15H18N4O2/c1-11-16-7-9-18(11)10-12-4-3-8-19(12)15(21)14-13(20)5-2-6-17-14/h2,5-7,9,12,20H,3-4,8,10H2,1H3/t12-/m0/s1. The number of hydrogen-bond acceptors (Lipinski definition) is 4. The molecule has 0 saturated carbocycles. The molecule has 110 valence electrons. The molecule has 3 heterocycles. The molecule has 1 fully saturated rings. The topological polar surface area (TPSA) is 71.2 Å². The van der Waals surface area contributed by atoms with E-state index in [-0.39, 0.29) is 23.4 Å². The van der Waals surface area contributed by atoms with Crippen LogP contribution in [0.3, 0.4) is 0 Å². The van der Waals surface area contributed by atoms with Crippen molar-refractivity contribution in [2.45, 2.75) is 32.4 Å². The van der Waals surface area contributed by atoms with Gasteiger partial charge in [-0.2, -0.15) is 0 Å². The van der Waals surface area contributed by atoms with Crippen molar-refractivity contribution in [3.05, 3.63) is 42.2 Å². The zero-order valence-electron chi connectivity index (χ0n) is 11.9. The minimum atomic E-state index is -0.201. The molecule has 6 nitrogen and oxygen atoms in total. The summed E-state index contributed by atoms with van der Waals surface area (Å²) in [6.07, 6.45) is 7.14. The Labute approximate surface area is 123 Å². The fraction of sp³-hybridized carbons (Fsp3) is 0.400. The van der Waals surface area contributed by atoms with Gasteiger partial charge in [-0.05, 0) is 31.9 Å². The number of carbonyl (C=O) groups is 1. The van der Waals surface area contributed by atoms with Crippen molar-refractivity contribution in [2.24, 2.45) is 0 Å². The van der Waals surface area contributed by atoms with E-state index in [2.05, 4.69) is 14.5 Å². The maximum absolute atomic E-state index is 12.6. The lowest BCUT2D eigenvalue weighted by Crippen LogP contribution is -2.38. The molecule has 0 unspecified atom stereocenters. The van der Waals surface area contributed by atoms with Crippen LogP contribution >= 0.6 is 0 Å². The van der Waals surface area contributed by atoms with Gasteiger partial charge >= 0.3 is 0 Å². The number of aromatic hydroxyl groups is 1. The number of rotatable bonds is 3. The first-order valence-electron chi connectivity index (χ1n) is 7.09. The molecule has 0 aromatic carbocycles. The molecule has 1 amide bonds. The molecule has 2 aromatic heterocycles. The van der Waals surface area contributed by atoms with Crippen molar-refractivity contribution in [1.29, 1.82) is 0 Å². The first-order valence-corrected chi connectivity index (χ1v) is 7.09. The summed E-state index contributed by atoms with van der Waals surface area (Å²) in [5, 5.41) is 9.80. The zero-order valence-corrected chi connectivity index (χ0v) is 11.9. The van der Waals surface area contributed by atoms with Gasteiger partial charge in [-0.1, -0.05) is 0 Å². The molecule has 21 heavy (non-hydrogen) atoms. The Hall–Kier alpha value is -2.37. The summed E-state index contributed by atoms with van der Waals surface area (Å²) in [7, 11) is 0. The number of likely N-dealkylation sites (tertiary alicyclic amines) is 1. The van der Waals surface area contributed by atoms with E-state index in [1.54, 1.807) is 12.3 Å². The quantitative estimate of drug-likeness (QED) is 0.930. The molecular formula is C15H18N4O2. The summed E-state index contributed by atoms with van der Waals surface area (Å²) in [6.45, 7) is 3.38. The Kier molecular flexibility index (Phi) is 3.60. The van der Waals surface area contributed by atoms with Crippen LogP contribution in [0.15, 0.2) is 30.7 Å². The highest BCUT2D eigenvalue weighted by molar-refractivity contribution is 5.95. The Bertz CT molecular complexity index is 653. The van der Waals surface area contributed by atoms with Crippen molar-refractivity contribution in [1.82, 2.24) is 19.4 Å². The van der Waals surface area contributed by atoms with Gasteiger partial charge in [0, 0.05) is 31.7 Å². The molecule has 0 radical (unpaired) electrons. The van der Waals surface area contributed by atoms with Gasteiger partial charge in [0.25, 0.3) is 5.91 Å². The fourth-order valence-corrected chi connectivity index (χ4v) is 2.81. The number of carbonyl (C=O) groups excluding carboxylic acids is 1. The molecule has 0 bridgehead atoms. The normalized spacial score (nSPS) is 18.1. The molecule has 1 aliphatic heterocycles. The Morgan fingerprint density at radius 2 is 2.29 bits per heavy atom. The molecule has 0 aliphatic carbocycles. The highest BCUT2D eigenvalue weighted by atomic mass is 16.3. The van der Waals surface area contributed by atoms with Gasteiger partial charge in [0.15, 0.2) is 5.69 Å². The molecule has 6 heteroatoms. The Balaban J connectivity index is 1.79. The van der Waals surface area contributed by atoms with Crippen molar-refractivity contribution in [3.63, 3.8) is 0 Å². The summed E-state index contributed by atoms with van der Waals surface area (Å²) in [4.78, 5) is 22.6. The van der Waals surface area contributed by atoms with E-state index < -0.39 is 0 Å². The Morgan fingerprint density at radius 1 is 1.43 bits per heavy atom. The number of pyridine rings is 1. The second-order valence-electron chi connectivity index (χ2n) is 5.29. The third-order valence-electron chi connectivity index (χ3n) is 3.96. The lowest BCUT2D eigenvalue weighted by molar-refractivity contribution is 0.0714. The highest BCUT2D eigenvalue weighted by Crippen LogP contribution is 2.24. The van der Waals surface area contributed by atoms with Gasteiger partial charge in [-0.3, -0.25) is 4.79 Å². The summed E-state index contributed by atoms with van der Waals surface area (Å²) >= 11 is 0. The monoisotopic (exact) mass is 286 g/mol. The molecule has 2 aromatic rings. The van der Waals surface area contributed by atoms with E-state index in [1.807, 2.05) is 18.0 Å². The van der Waals surface area contributed by atoms with Crippen molar-refractivity contribution in [2.75, 3.05) is 6.54 Å². The zero-order chi connectivity index (χ0) is 14.8. The van der Waals surface area contributed by atoms with Crippen LogP contribution in [0.1, 0.15) is 29.2 Å². The van der Waals surface area contributed by atoms with Crippen LogP contribution in [0.5, 0.6) is 5.75 Å². The van der Waals surface area contributed by atoms with Gasteiger partial charge in [0.2, 0.25) is 0 Å². The predicted molar refractivity (Wildman–Crippen MR) is 76.9 cm³/mol.